The third kappa shape index (κ3) is 3.71. The van der Waals surface area contributed by atoms with E-state index >= 15 is 0 Å². The van der Waals surface area contributed by atoms with E-state index in [-0.39, 0.29) is 11.7 Å². The number of likely N-dealkylation sites (N-methyl/N-ethyl adjacent to an activating group) is 1. The van der Waals surface area contributed by atoms with Crippen molar-refractivity contribution in [3.8, 4) is 5.75 Å². The quantitative estimate of drug-likeness (QED) is 0.850. The number of aromatic hydroxyl groups is 1. The number of phenols is 1. The molecule has 1 heterocycles. The van der Waals surface area contributed by atoms with Crippen LogP contribution in [0.1, 0.15) is 15.9 Å². The molecule has 5 heteroatoms. The van der Waals surface area contributed by atoms with Crippen LogP contribution >= 0.6 is 0 Å². The number of aryl methyl sites for hydroxylation is 1. The number of nitrogens with one attached hydrogen (secondary N) is 1. The summed E-state index contributed by atoms with van der Waals surface area (Å²) < 4.78 is 0. The Morgan fingerprint density at radius 3 is 2.75 bits per heavy atom. The molecule has 1 aliphatic heterocycles. The first kappa shape index (κ1) is 14.8. The number of amides is 1. The van der Waals surface area contributed by atoms with Crippen LogP contribution in [-0.4, -0.2) is 67.1 Å². The Morgan fingerprint density at radius 1 is 1.40 bits per heavy atom. The second-order valence-corrected chi connectivity index (χ2v) is 5.32. The van der Waals surface area contributed by atoms with Crippen molar-refractivity contribution in [3.63, 3.8) is 0 Å². The predicted molar refractivity (Wildman–Crippen MR) is 79.1 cm³/mol. The zero-order valence-corrected chi connectivity index (χ0v) is 12.2. The van der Waals surface area contributed by atoms with E-state index in [1.807, 2.05) is 7.05 Å². The Bertz CT molecular complexity index is 470. The number of carbonyl (C=O) groups is 1. The Labute approximate surface area is 120 Å². The number of piperazine rings is 1. The van der Waals surface area contributed by atoms with Gasteiger partial charge < -0.3 is 15.3 Å². The molecule has 1 amide bonds. The molecule has 110 valence electrons. The van der Waals surface area contributed by atoms with Crippen LogP contribution in [0.4, 0.5) is 0 Å². The molecule has 0 atom stereocenters. The molecule has 1 aromatic carbocycles. The van der Waals surface area contributed by atoms with Crippen molar-refractivity contribution >= 4 is 5.91 Å². The molecule has 0 unspecified atom stereocenters. The lowest BCUT2D eigenvalue weighted by molar-refractivity contribution is 0.0774. The van der Waals surface area contributed by atoms with E-state index in [1.165, 1.54) is 0 Å². The Hall–Kier alpha value is -1.59. The molecule has 0 aliphatic carbocycles. The van der Waals surface area contributed by atoms with Crippen LogP contribution < -0.4 is 5.32 Å². The highest BCUT2D eigenvalue weighted by atomic mass is 16.3. The normalized spacial score (nSPS) is 16.1. The van der Waals surface area contributed by atoms with E-state index in [2.05, 4.69) is 10.2 Å². The molecule has 2 rings (SSSR count). The molecule has 1 aromatic rings. The molecule has 1 aliphatic rings. The van der Waals surface area contributed by atoms with Gasteiger partial charge in [-0.15, -0.1) is 0 Å². The molecule has 2 N–H and O–H groups in total. The van der Waals surface area contributed by atoms with Crippen LogP contribution in [0.5, 0.6) is 5.75 Å². The van der Waals surface area contributed by atoms with Gasteiger partial charge in [0.25, 0.3) is 5.91 Å². The summed E-state index contributed by atoms with van der Waals surface area (Å²) in [5.41, 5.74) is 1.36. The van der Waals surface area contributed by atoms with Gasteiger partial charge in [0.15, 0.2) is 0 Å². The van der Waals surface area contributed by atoms with Gasteiger partial charge in [-0.1, -0.05) is 0 Å². The minimum atomic E-state index is 0.00299. The Kier molecular flexibility index (Phi) is 4.98. The molecule has 20 heavy (non-hydrogen) atoms. The monoisotopic (exact) mass is 277 g/mol. The van der Waals surface area contributed by atoms with Crippen molar-refractivity contribution in [2.24, 2.45) is 0 Å². The smallest absolute Gasteiger partial charge is 0.253 e. The van der Waals surface area contributed by atoms with Crippen LogP contribution in [0, 0.1) is 6.92 Å². The number of benzene rings is 1. The van der Waals surface area contributed by atoms with E-state index in [4.69, 9.17) is 0 Å². The van der Waals surface area contributed by atoms with Crippen LogP contribution in [0.15, 0.2) is 18.2 Å². The van der Waals surface area contributed by atoms with Gasteiger partial charge in [0.1, 0.15) is 5.75 Å². The van der Waals surface area contributed by atoms with Crippen molar-refractivity contribution in [2.75, 3.05) is 46.3 Å². The fraction of sp³-hybridized carbons (Fsp3) is 0.533. The highest BCUT2D eigenvalue weighted by Gasteiger charge is 2.15. The zero-order chi connectivity index (χ0) is 14.5. The van der Waals surface area contributed by atoms with Crippen molar-refractivity contribution in [1.82, 2.24) is 15.1 Å². The van der Waals surface area contributed by atoms with Crippen LogP contribution in [-0.2, 0) is 0 Å². The molecule has 0 saturated carbocycles. The fourth-order valence-corrected chi connectivity index (χ4v) is 2.34. The van der Waals surface area contributed by atoms with Crippen LogP contribution in [0.2, 0.25) is 0 Å². The first-order chi connectivity index (χ1) is 9.58. The summed E-state index contributed by atoms with van der Waals surface area (Å²) in [7, 11) is 1.83. The van der Waals surface area contributed by atoms with E-state index in [0.29, 0.717) is 5.56 Å². The third-order valence-electron chi connectivity index (χ3n) is 3.75. The zero-order valence-electron chi connectivity index (χ0n) is 12.2. The minimum Gasteiger partial charge on any atom is -0.508 e. The largest absolute Gasteiger partial charge is 0.508 e. The molecule has 1 fully saturated rings. The molecule has 0 radical (unpaired) electrons. The maximum atomic E-state index is 12.3. The summed E-state index contributed by atoms with van der Waals surface area (Å²) in [4.78, 5) is 16.4. The van der Waals surface area contributed by atoms with Gasteiger partial charge in [0.2, 0.25) is 0 Å². The van der Waals surface area contributed by atoms with Crippen molar-refractivity contribution in [1.29, 1.82) is 0 Å². The second-order valence-electron chi connectivity index (χ2n) is 5.32. The Morgan fingerprint density at radius 2 is 2.10 bits per heavy atom. The average Bonchev–Trinajstić information content (AvgIpc) is 2.48. The first-order valence-corrected chi connectivity index (χ1v) is 7.06. The second kappa shape index (κ2) is 6.72. The molecular weight excluding hydrogens is 254 g/mol. The van der Waals surface area contributed by atoms with E-state index in [1.54, 1.807) is 30.0 Å². The molecular formula is C15H23N3O2. The molecule has 1 saturated heterocycles. The van der Waals surface area contributed by atoms with Crippen molar-refractivity contribution < 1.29 is 9.90 Å². The average molecular weight is 277 g/mol. The maximum absolute atomic E-state index is 12.3. The van der Waals surface area contributed by atoms with Gasteiger partial charge >= 0.3 is 0 Å². The number of rotatable bonds is 4. The molecule has 0 bridgehead atoms. The topological polar surface area (TPSA) is 55.8 Å². The highest BCUT2D eigenvalue weighted by molar-refractivity contribution is 5.94. The lowest BCUT2D eigenvalue weighted by Crippen LogP contribution is -2.46. The standard InChI is InChI=1S/C15H23N3O2/c1-12-11-13(3-4-14(12)19)15(20)17(2)9-10-18-7-5-16-6-8-18/h3-4,11,16,19H,5-10H2,1-2H3. The van der Waals surface area contributed by atoms with E-state index < -0.39 is 0 Å². The van der Waals surface area contributed by atoms with Gasteiger partial charge in [-0.2, -0.15) is 0 Å². The maximum Gasteiger partial charge on any atom is 0.253 e. The van der Waals surface area contributed by atoms with Gasteiger partial charge in [0.05, 0.1) is 0 Å². The summed E-state index contributed by atoms with van der Waals surface area (Å²) in [5.74, 6) is 0.230. The SMILES string of the molecule is Cc1cc(C(=O)N(C)CCN2CCNCC2)ccc1O. The highest BCUT2D eigenvalue weighted by Crippen LogP contribution is 2.17. The summed E-state index contributed by atoms with van der Waals surface area (Å²) in [6.45, 7) is 7.55. The van der Waals surface area contributed by atoms with Gasteiger partial charge in [-0.05, 0) is 30.7 Å². The summed E-state index contributed by atoms with van der Waals surface area (Å²) in [5, 5.41) is 12.8. The fourth-order valence-electron chi connectivity index (χ4n) is 2.34. The number of hydrogen-bond donors (Lipinski definition) is 2. The summed E-state index contributed by atoms with van der Waals surface area (Å²) in [6.07, 6.45) is 0. The molecule has 0 aromatic heterocycles. The summed E-state index contributed by atoms with van der Waals surface area (Å²) >= 11 is 0. The molecule has 5 nitrogen and oxygen atoms in total. The number of hydrogen-bond acceptors (Lipinski definition) is 4. The first-order valence-electron chi connectivity index (χ1n) is 7.06. The van der Waals surface area contributed by atoms with Crippen molar-refractivity contribution in [3.05, 3.63) is 29.3 Å². The van der Waals surface area contributed by atoms with Gasteiger partial charge in [0, 0.05) is 51.9 Å². The summed E-state index contributed by atoms with van der Waals surface area (Å²) in [6, 6.07) is 4.98. The number of nitrogens with zero attached hydrogens (tertiary/aromatic N) is 2. The van der Waals surface area contributed by atoms with Gasteiger partial charge in [-0.3, -0.25) is 9.69 Å². The number of carbonyl (C=O) groups excluding carboxylic acids is 1. The van der Waals surface area contributed by atoms with Crippen molar-refractivity contribution in [2.45, 2.75) is 6.92 Å². The lowest BCUT2D eigenvalue weighted by Gasteiger charge is -2.29. The predicted octanol–water partition coefficient (Wildman–Crippen LogP) is 0.678. The van der Waals surface area contributed by atoms with E-state index in [9.17, 15) is 9.90 Å². The molecule has 0 spiro atoms. The Balaban J connectivity index is 1.89. The van der Waals surface area contributed by atoms with E-state index in [0.717, 1.165) is 44.8 Å². The van der Waals surface area contributed by atoms with Crippen LogP contribution in [0.25, 0.3) is 0 Å². The lowest BCUT2D eigenvalue weighted by atomic mass is 10.1. The minimum absolute atomic E-state index is 0.00299. The number of phenolic OH excluding ortho intramolecular Hbond substituents is 1. The van der Waals surface area contributed by atoms with Gasteiger partial charge in [-0.25, -0.2) is 0 Å². The van der Waals surface area contributed by atoms with Crippen LogP contribution in [0.3, 0.4) is 0 Å². The third-order valence-corrected chi connectivity index (χ3v) is 3.75.